The Kier molecular flexibility index (Phi) is 6.42. The molecule has 0 spiro atoms. The highest BCUT2D eigenvalue weighted by Crippen LogP contribution is 2.27. The second kappa shape index (κ2) is 8.99. The molecule has 0 aromatic heterocycles. The van der Waals surface area contributed by atoms with E-state index in [2.05, 4.69) is 0 Å². The van der Waals surface area contributed by atoms with Crippen molar-refractivity contribution < 1.29 is 19.1 Å². The lowest BCUT2D eigenvalue weighted by atomic mass is 10.1. The van der Waals surface area contributed by atoms with E-state index in [1.165, 1.54) is 5.56 Å². The molecule has 1 aliphatic heterocycles. The van der Waals surface area contributed by atoms with Gasteiger partial charge in [-0.2, -0.15) is 0 Å². The molecule has 0 saturated carbocycles. The van der Waals surface area contributed by atoms with E-state index in [9.17, 15) is 9.59 Å². The Morgan fingerprint density at radius 1 is 1.14 bits per heavy atom. The van der Waals surface area contributed by atoms with Crippen LogP contribution >= 0.6 is 0 Å². The van der Waals surface area contributed by atoms with E-state index in [1.54, 1.807) is 37.1 Å². The van der Waals surface area contributed by atoms with E-state index >= 15 is 0 Å². The molecule has 1 fully saturated rings. The average Bonchev–Trinajstić information content (AvgIpc) is 3.09. The molecule has 3 rings (SSSR count). The summed E-state index contributed by atoms with van der Waals surface area (Å²) in [5, 5.41) is 0. The van der Waals surface area contributed by atoms with Crippen LogP contribution < -0.4 is 9.47 Å². The Bertz CT molecular complexity index is 879. The van der Waals surface area contributed by atoms with Crippen LogP contribution in [0.5, 0.6) is 11.5 Å². The maximum atomic E-state index is 12.9. The molecule has 6 heteroatoms. The number of likely N-dealkylation sites (tertiary alicyclic amines) is 1. The van der Waals surface area contributed by atoms with Crippen molar-refractivity contribution in [2.24, 2.45) is 5.92 Å². The van der Waals surface area contributed by atoms with Crippen molar-refractivity contribution in [1.82, 2.24) is 9.80 Å². The highest BCUT2D eigenvalue weighted by atomic mass is 16.5. The van der Waals surface area contributed by atoms with Gasteiger partial charge < -0.3 is 19.3 Å². The van der Waals surface area contributed by atoms with Crippen LogP contribution in [0.15, 0.2) is 42.5 Å². The molecule has 1 heterocycles. The van der Waals surface area contributed by atoms with E-state index in [0.717, 1.165) is 11.1 Å². The Balaban J connectivity index is 1.63. The second-order valence-electron chi connectivity index (χ2n) is 7.53. The van der Waals surface area contributed by atoms with Crippen molar-refractivity contribution in [1.29, 1.82) is 0 Å². The first kappa shape index (κ1) is 20.7. The van der Waals surface area contributed by atoms with Crippen LogP contribution in [0.3, 0.4) is 0 Å². The molecular weight excluding hydrogens is 368 g/mol. The van der Waals surface area contributed by atoms with Crippen molar-refractivity contribution >= 4 is 11.8 Å². The summed E-state index contributed by atoms with van der Waals surface area (Å²) >= 11 is 0. The molecule has 2 amide bonds. The smallest absolute Gasteiger partial charge is 0.228 e. The number of amides is 2. The van der Waals surface area contributed by atoms with E-state index in [0.29, 0.717) is 31.1 Å². The quantitative estimate of drug-likeness (QED) is 0.722. The van der Waals surface area contributed by atoms with Gasteiger partial charge in [0, 0.05) is 44.7 Å². The highest BCUT2D eigenvalue weighted by molar-refractivity contribution is 5.89. The Morgan fingerprint density at radius 2 is 1.86 bits per heavy atom. The molecular formula is C23H28N2O4. The van der Waals surface area contributed by atoms with Gasteiger partial charge in [0.1, 0.15) is 11.5 Å². The summed E-state index contributed by atoms with van der Waals surface area (Å²) in [6.07, 6.45) is 0.259. The summed E-state index contributed by atoms with van der Waals surface area (Å²) < 4.78 is 10.6. The normalized spacial score (nSPS) is 16.1. The number of ether oxygens (including phenoxy) is 2. The zero-order valence-electron chi connectivity index (χ0n) is 17.5. The fourth-order valence-corrected chi connectivity index (χ4v) is 3.63. The van der Waals surface area contributed by atoms with Gasteiger partial charge in [-0.05, 0) is 24.6 Å². The van der Waals surface area contributed by atoms with Gasteiger partial charge in [-0.15, -0.1) is 0 Å². The minimum absolute atomic E-state index is 0.0253. The zero-order chi connectivity index (χ0) is 21.0. The van der Waals surface area contributed by atoms with Crippen molar-refractivity contribution in [2.75, 3.05) is 27.8 Å². The number of hydrogen-bond acceptors (Lipinski definition) is 4. The largest absolute Gasteiger partial charge is 0.497 e. The minimum Gasteiger partial charge on any atom is -0.497 e. The van der Waals surface area contributed by atoms with Crippen molar-refractivity contribution in [2.45, 2.75) is 26.4 Å². The number of carbonyl (C=O) groups excluding carboxylic acids is 2. The fourth-order valence-electron chi connectivity index (χ4n) is 3.63. The van der Waals surface area contributed by atoms with Crippen molar-refractivity contribution in [3.05, 3.63) is 59.2 Å². The lowest BCUT2D eigenvalue weighted by Crippen LogP contribution is -2.34. The maximum absolute atomic E-state index is 12.9. The standard InChI is InChI=1S/C23H28N2O4/c1-16-5-7-17(8-6-16)13-25-15-19(11-22(25)26)23(27)24(2)14-18-9-10-20(28-3)12-21(18)29-4/h5-10,12,19H,11,13-15H2,1-4H3. The lowest BCUT2D eigenvalue weighted by molar-refractivity contribution is -0.135. The van der Waals surface area contributed by atoms with Gasteiger partial charge >= 0.3 is 0 Å². The summed E-state index contributed by atoms with van der Waals surface area (Å²) in [6.45, 7) is 3.44. The average molecular weight is 396 g/mol. The fraction of sp³-hybridized carbons (Fsp3) is 0.391. The molecule has 0 aliphatic carbocycles. The van der Waals surface area contributed by atoms with Crippen LogP contribution in [0.1, 0.15) is 23.1 Å². The van der Waals surface area contributed by atoms with Crippen LogP contribution in [0.2, 0.25) is 0 Å². The molecule has 1 saturated heterocycles. The Hall–Kier alpha value is -3.02. The van der Waals surface area contributed by atoms with Crippen LogP contribution in [0, 0.1) is 12.8 Å². The Morgan fingerprint density at radius 3 is 2.52 bits per heavy atom. The first-order valence-corrected chi connectivity index (χ1v) is 9.70. The SMILES string of the molecule is COc1ccc(CN(C)C(=O)C2CC(=O)N(Cc3ccc(C)cc3)C2)c(OC)c1. The molecule has 0 radical (unpaired) electrons. The van der Waals surface area contributed by atoms with Crippen molar-refractivity contribution in [3.8, 4) is 11.5 Å². The molecule has 6 nitrogen and oxygen atoms in total. The third kappa shape index (κ3) is 4.88. The topological polar surface area (TPSA) is 59.1 Å². The third-order valence-electron chi connectivity index (χ3n) is 5.34. The molecule has 2 aromatic carbocycles. The van der Waals surface area contributed by atoms with Crippen LogP contribution in [0.4, 0.5) is 0 Å². The predicted molar refractivity (Wildman–Crippen MR) is 111 cm³/mol. The molecule has 29 heavy (non-hydrogen) atoms. The van der Waals surface area contributed by atoms with Crippen LogP contribution in [0.25, 0.3) is 0 Å². The van der Waals surface area contributed by atoms with Crippen LogP contribution in [-0.2, 0) is 22.7 Å². The third-order valence-corrected chi connectivity index (χ3v) is 5.34. The van der Waals surface area contributed by atoms with E-state index in [-0.39, 0.29) is 24.2 Å². The van der Waals surface area contributed by atoms with Gasteiger partial charge in [0.25, 0.3) is 0 Å². The van der Waals surface area contributed by atoms with Gasteiger partial charge in [0.2, 0.25) is 11.8 Å². The number of benzene rings is 2. The number of rotatable bonds is 7. The highest BCUT2D eigenvalue weighted by Gasteiger charge is 2.35. The summed E-state index contributed by atoms with van der Waals surface area (Å²) in [5.74, 6) is 1.06. The molecule has 1 atom stereocenters. The van der Waals surface area contributed by atoms with Gasteiger partial charge in [-0.3, -0.25) is 9.59 Å². The number of carbonyl (C=O) groups is 2. The predicted octanol–water partition coefficient (Wildman–Crippen LogP) is 3.02. The zero-order valence-corrected chi connectivity index (χ0v) is 17.5. The molecule has 154 valence electrons. The molecule has 1 aliphatic rings. The molecule has 0 N–H and O–H groups in total. The number of methoxy groups -OCH3 is 2. The monoisotopic (exact) mass is 396 g/mol. The van der Waals surface area contributed by atoms with Gasteiger partial charge in [0.15, 0.2) is 0 Å². The van der Waals surface area contributed by atoms with E-state index < -0.39 is 0 Å². The number of aryl methyl sites for hydroxylation is 1. The summed E-state index contributed by atoms with van der Waals surface area (Å²) in [5.41, 5.74) is 3.16. The minimum atomic E-state index is -0.317. The Labute approximate surface area is 172 Å². The number of hydrogen-bond donors (Lipinski definition) is 0. The molecule has 2 aromatic rings. The van der Waals surface area contributed by atoms with Crippen molar-refractivity contribution in [3.63, 3.8) is 0 Å². The first-order valence-electron chi connectivity index (χ1n) is 9.70. The van der Waals surface area contributed by atoms with E-state index in [4.69, 9.17) is 9.47 Å². The first-order chi connectivity index (χ1) is 13.9. The summed E-state index contributed by atoms with van der Waals surface area (Å²) in [7, 11) is 4.96. The molecule has 0 bridgehead atoms. The number of nitrogens with zero attached hydrogens (tertiary/aromatic N) is 2. The summed E-state index contributed by atoms with van der Waals surface area (Å²) in [6, 6.07) is 13.7. The lowest BCUT2D eigenvalue weighted by Gasteiger charge is -2.22. The maximum Gasteiger partial charge on any atom is 0.228 e. The van der Waals surface area contributed by atoms with Gasteiger partial charge in [0.05, 0.1) is 20.1 Å². The van der Waals surface area contributed by atoms with Gasteiger partial charge in [-0.1, -0.05) is 29.8 Å². The molecule has 1 unspecified atom stereocenters. The van der Waals surface area contributed by atoms with Gasteiger partial charge in [-0.25, -0.2) is 0 Å². The summed E-state index contributed by atoms with van der Waals surface area (Å²) in [4.78, 5) is 28.8. The van der Waals surface area contributed by atoms with E-state index in [1.807, 2.05) is 43.3 Å². The van der Waals surface area contributed by atoms with Crippen LogP contribution in [-0.4, -0.2) is 49.4 Å². The second-order valence-corrected chi connectivity index (χ2v) is 7.53.